The van der Waals surface area contributed by atoms with Crippen molar-refractivity contribution in [3.8, 4) is 5.75 Å². The van der Waals surface area contributed by atoms with Crippen LogP contribution in [0.3, 0.4) is 0 Å². The molecule has 0 radical (unpaired) electrons. The fraction of sp³-hybridized carbons (Fsp3) is 0.0714. The van der Waals surface area contributed by atoms with Gasteiger partial charge in [0.05, 0.1) is 12.1 Å². The first-order valence-electron chi connectivity index (χ1n) is 5.37. The van der Waals surface area contributed by atoms with Gasteiger partial charge in [-0.3, -0.25) is 4.79 Å². The van der Waals surface area contributed by atoms with Crippen LogP contribution in [0.5, 0.6) is 5.75 Å². The Balaban J connectivity index is 2.59. The number of carbonyl (C=O) groups excluding carboxylic acids is 1. The molecule has 0 atom stereocenters. The van der Waals surface area contributed by atoms with Gasteiger partial charge in [-0.1, -0.05) is 17.7 Å². The summed E-state index contributed by atoms with van der Waals surface area (Å²) in [6, 6.07) is 7.33. The molecule has 0 aliphatic rings. The molecule has 0 saturated carbocycles. The van der Waals surface area contributed by atoms with Gasteiger partial charge in [0.15, 0.2) is 0 Å². The number of methoxy groups -OCH3 is 1. The molecule has 19 heavy (non-hydrogen) atoms. The topological polar surface area (TPSA) is 26.3 Å². The highest BCUT2D eigenvalue weighted by Crippen LogP contribution is 2.27. The molecule has 0 saturated heterocycles. The molecular weight excluding hydrogens is 274 g/mol. The lowest BCUT2D eigenvalue weighted by molar-refractivity contribution is 0.103. The number of ketones is 1. The van der Waals surface area contributed by atoms with Gasteiger partial charge in [-0.15, -0.1) is 0 Å². The minimum atomic E-state index is -0.746. The highest BCUT2D eigenvalue weighted by molar-refractivity contribution is 6.35. The number of carbonyl (C=O) groups is 1. The van der Waals surface area contributed by atoms with Crippen LogP contribution in [0.15, 0.2) is 36.4 Å². The highest BCUT2D eigenvalue weighted by atomic mass is 35.5. The van der Waals surface area contributed by atoms with Crippen LogP contribution in [-0.2, 0) is 0 Å². The van der Waals surface area contributed by atoms with Crippen molar-refractivity contribution in [2.45, 2.75) is 0 Å². The summed E-state index contributed by atoms with van der Waals surface area (Å²) >= 11 is 5.84. The number of hydrogen-bond acceptors (Lipinski definition) is 2. The maximum Gasteiger partial charge on any atom is 0.201 e. The van der Waals surface area contributed by atoms with Gasteiger partial charge in [0.25, 0.3) is 0 Å². The quantitative estimate of drug-likeness (QED) is 0.799. The number of rotatable bonds is 3. The molecule has 2 aromatic rings. The minimum Gasteiger partial charge on any atom is -0.496 e. The third-order valence-electron chi connectivity index (χ3n) is 2.60. The van der Waals surface area contributed by atoms with Crippen molar-refractivity contribution < 1.29 is 18.3 Å². The zero-order valence-electron chi connectivity index (χ0n) is 9.91. The summed E-state index contributed by atoms with van der Waals surface area (Å²) in [6.07, 6.45) is 0. The van der Waals surface area contributed by atoms with Crippen LogP contribution in [-0.4, -0.2) is 12.9 Å². The molecule has 0 unspecified atom stereocenters. The van der Waals surface area contributed by atoms with Crippen LogP contribution in [0.1, 0.15) is 15.9 Å². The summed E-state index contributed by atoms with van der Waals surface area (Å²) in [5.41, 5.74) is -0.373. The molecule has 0 heterocycles. The summed E-state index contributed by atoms with van der Waals surface area (Å²) in [6.45, 7) is 0. The number of hydrogen-bond donors (Lipinski definition) is 0. The molecule has 0 aromatic heterocycles. The van der Waals surface area contributed by atoms with Crippen molar-refractivity contribution in [2.75, 3.05) is 7.11 Å². The highest BCUT2D eigenvalue weighted by Gasteiger charge is 2.21. The van der Waals surface area contributed by atoms with E-state index in [0.29, 0.717) is 0 Å². The SMILES string of the molecule is COc1cccc(F)c1C(=O)c1cc(F)ccc1Cl. The number of halogens is 3. The Bertz CT molecular complexity index is 641. The van der Waals surface area contributed by atoms with Crippen molar-refractivity contribution in [2.24, 2.45) is 0 Å². The Hall–Kier alpha value is -1.94. The van der Waals surface area contributed by atoms with Crippen LogP contribution >= 0.6 is 11.6 Å². The Kier molecular flexibility index (Phi) is 3.81. The van der Waals surface area contributed by atoms with E-state index in [9.17, 15) is 13.6 Å². The molecule has 5 heteroatoms. The van der Waals surface area contributed by atoms with Crippen LogP contribution in [0.4, 0.5) is 8.78 Å². The molecule has 2 nitrogen and oxygen atoms in total. The predicted octanol–water partition coefficient (Wildman–Crippen LogP) is 3.86. The van der Waals surface area contributed by atoms with Crippen molar-refractivity contribution in [3.05, 3.63) is 64.2 Å². The summed E-state index contributed by atoms with van der Waals surface area (Å²) in [5.74, 6) is -2.02. The van der Waals surface area contributed by atoms with Gasteiger partial charge in [0.2, 0.25) is 5.78 Å². The first-order chi connectivity index (χ1) is 9.04. The molecule has 0 aliphatic carbocycles. The summed E-state index contributed by atoms with van der Waals surface area (Å²) in [7, 11) is 1.32. The van der Waals surface area contributed by atoms with Crippen LogP contribution < -0.4 is 4.74 Å². The van der Waals surface area contributed by atoms with Crippen LogP contribution in [0.2, 0.25) is 5.02 Å². The molecule has 2 aromatic carbocycles. The molecule has 0 fully saturated rings. The lowest BCUT2D eigenvalue weighted by atomic mass is 10.0. The van der Waals surface area contributed by atoms with Gasteiger partial charge in [-0.25, -0.2) is 8.78 Å². The zero-order chi connectivity index (χ0) is 14.0. The average Bonchev–Trinajstić information content (AvgIpc) is 2.40. The van der Waals surface area contributed by atoms with Gasteiger partial charge in [-0.05, 0) is 30.3 Å². The van der Waals surface area contributed by atoms with E-state index in [1.165, 1.54) is 25.3 Å². The van der Waals surface area contributed by atoms with E-state index in [-0.39, 0.29) is 21.9 Å². The first-order valence-corrected chi connectivity index (χ1v) is 5.74. The van der Waals surface area contributed by atoms with Gasteiger partial charge in [0.1, 0.15) is 22.9 Å². The Morgan fingerprint density at radius 3 is 2.63 bits per heavy atom. The molecule has 0 spiro atoms. The third kappa shape index (κ3) is 2.58. The van der Waals surface area contributed by atoms with Crippen molar-refractivity contribution in [1.29, 1.82) is 0 Å². The second kappa shape index (κ2) is 5.36. The normalized spacial score (nSPS) is 10.3. The molecule has 0 bridgehead atoms. The molecule has 0 aliphatic heterocycles. The molecule has 0 N–H and O–H groups in total. The molecule has 98 valence electrons. The fourth-order valence-electron chi connectivity index (χ4n) is 1.70. The van der Waals surface area contributed by atoms with E-state index in [0.717, 1.165) is 18.2 Å². The molecule has 2 rings (SSSR count). The second-order valence-electron chi connectivity index (χ2n) is 3.77. The first kappa shape index (κ1) is 13.5. The standard InChI is InChI=1S/C14H9ClF2O2/c1-19-12-4-2-3-11(17)13(12)14(18)9-7-8(16)5-6-10(9)15/h2-7H,1H3. The smallest absolute Gasteiger partial charge is 0.201 e. The molecule has 0 amide bonds. The van der Waals surface area contributed by atoms with Crippen molar-refractivity contribution in [1.82, 2.24) is 0 Å². The predicted molar refractivity (Wildman–Crippen MR) is 67.8 cm³/mol. The molecular formula is C14H9ClF2O2. The Morgan fingerprint density at radius 2 is 1.95 bits per heavy atom. The zero-order valence-corrected chi connectivity index (χ0v) is 10.7. The van der Waals surface area contributed by atoms with Crippen LogP contribution in [0.25, 0.3) is 0 Å². The lowest BCUT2D eigenvalue weighted by Crippen LogP contribution is -2.08. The second-order valence-corrected chi connectivity index (χ2v) is 4.18. The van der Waals surface area contributed by atoms with Crippen molar-refractivity contribution in [3.63, 3.8) is 0 Å². The van der Waals surface area contributed by atoms with Crippen molar-refractivity contribution >= 4 is 17.4 Å². The number of benzene rings is 2. The average molecular weight is 283 g/mol. The summed E-state index contributed by atoms with van der Waals surface area (Å²) in [5, 5.41) is 0.0525. The third-order valence-corrected chi connectivity index (χ3v) is 2.92. The minimum absolute atomic E-state index is 0.0525. The maximum atomic E-state index is 13.8. The van der Waals surface area contributed by atoms with E-state index in [4.69, 9.17) is 16.3 Å². The van der Waals surface area contributed by atoms with Gasteiger partial charge in [0, 0.05) is 5.56 Å². The van der Waals surface area contributed by atoms with E-state index >= 15 is 0 Å². The van der Waals surface area contributed by atoms with Gasteiger partial charge in [-0.2, -0.15) is 0 Å². The van der Waals surface area contributed by atoms with E-state index in [1.807, 2.05) is 0 Å². The van der Waals surface area contributed by atoms with Gasteiger partial charge >= 0.3 is 0 Å². The van der Waals surface area contributed by atoms with E-state index in [1.54, 1.807) is 0 Å². The Morgan fingerprint density at radius 1 is 1.21 bits per heavy atom. The van der Waals surface area contributed by atoms with E-state index in [2.05, 4.69) is 0 Å². The fourth-order valence-corrected chi connectivity index (χ4v) is 1.90. The van der Waals surface area contributed by atoms with E-state index < -0.39 is 17.4 Å². The van der Waals surface area contributed by atoms with Gasteiger partial charge < -0.3 is 4.74 Å². The number of ether oxygens (including phenoxy) is 1. The largest absolute Gasteiger partial charge is 0.496 e. The summed E-state index contributed by atoms with van der Waals surface area (Å²) in [4.78, 5) is 12.2. The lowest BCUT2D eigenvalue weighted by Gasteiger charge is -2.09. The summed E-state index contributed by atoms with van der Waals surface area (Å²) < 4.78 is 31.9. The Labute approximate surface area is 113 Å². The van der Waals surface area contributed by atoms with Crippen LogP contribution in [0, 0.1) is 11.6 Å². The maximum absolute atomic E-state index is 13.8. The monoisotopic (exact) mass is 282 g/mol.